The zero-order valence-electron chi connectivity index (χ0n) is 14.2. The molecule has 124 valence electrons. The molecule has 22 heavy (non-hydrogen) atoms. The fourth-order valence-corrected chi connectivity index (χ4v) is 2.50. The van der Waals surface area contributed by atoms with Crippen molar-refractivity contribution in [2.24, 2.45) is 5.41 Å². The van der Waals surface area contributed by atoms with Crippen molar-refractivity contribution in [2.45, 2.75) is 65.4 Å². The van der Waals surface area contributed by atoms with Gasteiger partial charge in [-0.1, -0.05) is 57.0 Å². The van der Waals surface area contributed by atoms with Gasteiger partial charge in [0.1, 0.15) is 6.10 Å². The van der Waals surface area contributed by atoms with Gasteiger partial charge in [0.25, 0.3) is 0 Å². The molecule has 0 fully saturated rings. The summed E-state index contributed by atoms with van der Waals surface area (Å²) in [6, 6.07) is 9.77. The van der Waals surface area contributed by atoms with Crippen LogP contribution in [0, 0.1) is 5.41 Å². The molecule has 0 aromatic heterocycles. The van der Waals surface area contributed by atoms with Crippen LogP contribution in [0.1, 0.15) is 58.4 Å². The summed E-state index contributed by atoms with van der Waals surface area (Å²) >= 11 is 0. The molecule has 1 rings (SSSR count). The Morgan fingerprint density at radius 1 is 1.23 bits per heavy atom. The third-order valence-electron chi connectivity index (χ3n) is 4.14. The van der Waals surface area contributed by atoms with E-state index in [0.717, 1.165) is 37.7 Å². The van der Waals surface area contributed by atoms with Crippen LogP contribution in [0.4, 0.5) is 0 Å². The van der Waals surface area contributed by atoms with E-state index in [9.17, 15) is 9.90 Å². The van der Waals surface area contributed by atoms with Crippen molar-refractivity contribution in [2.75, 3.05) is 6.61 Å². The maximum Gasteiger partial charge on any atom is 0.314 e. The average Bonchev–Trinajstić information content (AvgIpc) is 2.54. The van der Waals surface area contributed by atoms with E-state index in [0.29, 0.717) is 6.42 Å². The van der Waals surface area contributed by atoms with Gasteiger partial charge in [-0.3, -0.25) is 4.79 Å². The Morgan fingerprint density at radius 2 is 1.91 bits per heavy atom. The SMILES string of the molecule is CCCCCC(CC)OC(=O)C(C)(CO)Cc1ccccc1. The highest BCUT2D eigenvalue weighted by molar-refractivity contribution is 5.77. The second-order valence-corrected chi connectivity index (χ2v) is 6.31. The smallest absolute Gasteiger partial charge is 0.314 e. The van der Waals surface area contributed by atoms with E-state index in [4.69, 9.17) is 4.74 Å². The molecule has 0 radical (unpaired) electrons. The lowest BCUT2D eigenvalue weighted by atomic mass is 9.84. The minimum absolute atomic E-state index is 0.0410. The van der Waals surface area contributed by atoms with Gasteiger partial charge in [0, 0.05) is 0 Å². The number of aliphatic hydroxyl groups excluding tert-OH is 1. The van der Waals surface area contributed by atoms with Crippen LogP contribution >= 0.6 is 0 Å². The summed E-state index contributed by atoms with van der Waals surface area (Å²) in [5.74, 6) is -0.290. The zero-order valence-corrected chi connectivity index (χ0v) is 14.2. The highest BCUT2D eigenvalue weighted by Crippen LogP contribution is 2.26. The first-order chi connectivity index (χ1) is 10.6. The third kappa shape index (κ3) is 5.80. The molecular formula is C19H30O3. The lowest BCUT2D eigenvalue weighted by molar-refractivity contribution is -0.163. The number of rotatable bonds is 10. The second kappa shape index (κ2) is 9.62. The van der Waals surface area contributed by atoms with Crippen molar-refractivity contribution >= 4 is 5.97 Å². The van der Waals surface area contributed by atoms with Gasteiger partial charge in [0.15, 0.2) is 0 Å². The summed E-state index contributed by atoms with van der Waals surface area (Å²) in [7, 11) is 0. The summed E-state index contributed by atoms with van der Waals surface area (Å²) in [6.07, 6.45) is 5.58. The van der Waals surface area contributed by atoms with Crippen molar-refractivity contribution in [1.29, 1.82) is 0 Å². The Kier molecular flexibility index (Phi) is 8.18. The predicted octanol–water partition coefficient (Wildman–Crippen LogP) is 4.13. The van der Waals surface area contributed by atoms with Crippen LogP contribution in [-0.4, -0.2) is 23.8 Å². The number of hydrogen-bond acceptors (Lipinski definition) is 3. The number of hydrogen-bond donors (Lipinski definition) is 1. The van der Waals surface area contributed by atoms with Crippen molar-refractivity contribution < 1.29 is 14.6 Å². The summed E-state index contributed by atoms with van der Waals surface area (Å²) in [5.41, 5.74) is 0.162. The first-order valence-corrected chi connectivity index (χ1v) is 8.41. The highest BCUT2D eigenvalue weighted by atomic mass is 16.5. The Morgan fingerprint density at radius 3 is 2.45 bits per heavy atom. The molecule has 2 unspecified atom stereocenters. The largest absolute Gasteiger partial charge is 0.462 e. The first kappa shape index (κ1) is 18.7. The fourth-order valence-electron chi connectivity index (χ4n) is 2.50. The minimum Gasteiger partial charge on any atom is -0.462 e. The van der Waals surface area contributed by atoms with Crippen LogP contribution in [-0.2, 0) is 16.0 Å². The summed E-state index contributed by atoms with van der Waals surface area (Å²) < 4.78 is 5.68. The number of unbranched alkanes of at least 4 members (excludes halogenated alkanes) is 2. The molecule has 1 aromatic rings. The quantitative estimate of drug-likeness (QED) is 0.522. The van der Waals surface area contributed by atoms with Gasteiger partial charge < -0.3 is 9.84 Å². The lowest BCUT2D eigenvalue weighted by Crippen LogP contribution is -2.38. The second-order valence-electron chi connectivity index (χ2n) is 6.31. The van der Waals surface area contributed by atoms with Crippen molar-refractivity contribution in [3.8, 4) is 0 Å². The number of carbonyl (C=O) groups excluding carboxylic acids is 1. The summed E-state index contributed by atoms with van der Waals surface area (Å²) in [6.45, 7) is 5.78. The van der Waals surface area contributed by atoms with Crippen LogP contribution in [0.15, 0.2) is 30.3 Å². The van der Waals surface area contributed by atoms with E-state index in [1.807, 2.05) is 37.3 Å². The van der Waals surface area contributed by atoms with Crippen LogP contribution in [0.2, 0.25) is 0 Å². The van der Waals surface area contributed by atoms with Crippen LogP contribution in [0.5, 0.6) is 0 Å². The first-order valence-electron chi connectivity index (χ1n) is 8.41. The van der Waals surface area contributed by atoms with Gasteiger partial charge in [0.05, 0.1) is 12.0 Å². The van der Waals surface area contributed by atoms with Gasteiger partial charge >= 0.3 is 5.97 Å². The topological polar surface area (TPSA) is 46.5 Å². The molecule has 0 aliphatic carbocycles. The van der Waals surface area contributed by atoms with Gasteiger partial charge in [-0.05, 0) is 38.2 Å². The molecule has 0 saturated carbocycles. The minimum atomic E-state index is -0.875. The summed E-state index contributed by atoms with van der Waals surface area (Å²) in [5, 5.41) is 9.72. The predicted molar refractivity (Wildman–Crippen MR) is 89.7 cm³/mol. The normalized spacial score (nSPS) is 15.1. The van der Waals surface area contributed by atoms with Crippen LogP contribution < -0.4 is 0 Å². The molecule has 0 saturated heterocycles. The van der Waals surface area contributed by atoms with E-state index in [1.54, 1.807) is 6.92 Å². The third-order valence-corrected chi connectivity index (χ3v) is 4.14. The Bertz CT molecular complexity index is 430. The fraction of sp³-hybridized carbons (Fsp3) is 0.632. The average molecular weight is 306 g/mol. The van der Waals surface area contributed by atoms with E-state index >= 15 is 0 Å². The Labute approximate surface area is 134 Å². The molecule has 1 N–H and O–H groups in total. The van der Waals surface area contributed by atoms with Crippen LogP contribution in [0.25, 0.3) is 0 Å². The number of ether oxygens (including phenoxy) is 1. The van der Waals surface area contributed by atoms with E-state index in [2.05, 4.69) is 6.92 Å². The maximum atomic E-state index is 12.5. The van der Waals surface area contributed by atoms with E-state index in [1.165, 1.54) is 0 Å². The van der Waals surface area contributed by atoms with Crippen molar-refractivity contribution in [1.82, 2.24) is 0 Å². The monoisotopic (exact) mass is 306 g/mol. The Hall–Kier alpha value is -1.35. The van der Waals surface area contributed by atoms with Gasteiger partial charge in [-0.25, -0.2) is 0 Å². The molecule has 0 aliphatic rings. The van der Waals surface area contributed by atoms with Crippen molar-refractivity contribution in [3.05, 3.63) is 35.9 Å². The highest BCUT2D eigenvalue weighted by Gasteiger charge is 2.35. The molecule has 3 nitrogen and oxygen atoms in total. The van der Waals surface area contributed by atoms with Gasteiger partial charge in [0.2, 0.25) is 0 Å². The number of aliphatic hydroxyl groups is 1. The molecule has 2 atom stereocenters. The summed E-state index contributed by atoms with van der Waals surface area (Å²) in [4.78, 5) is 12.5. The lowest BCUT2D eigenvalue weighted by Gasteiger charge is -2.28. The molecule has 0 heterocycles. The zero-order chi connectivity index (χ0) is 16.4. The van der Waals surface area contributed by atoms with E-state index < -0.39 is 5.41 Å². The van der Waals surface area contributed by atoms with Gasteiger partial charge in [-0.15, -0.1) is 0 Å². The Balaban J connectivity index is 2.65. The van der Waals surface area contributed by atoms with Crippen molar-refractivity contribution in [3.63, 3.8) is 0 Å². The molecule has 0 bridgehead atoms. The van der Waals surface area contributed by atoms with E-state index in [-0.39, 0.29) is 18.7 Å². The molecule has 0 spiro atoms. The number of esters is 1. The molecule has 3 heteroatoms. The van der Waals surface area contributed by atoms with Crippen LogP contribution in [0.3, 0.4) is 0 Å². The number of benzene rings is 1. The molecular weight excluding hydrogens is 276 g/mol. The standard InChI is InChI=1S/C19H30O3/c1-4-6-8-13-17(5-2)22-18(21)19(3,15-20)14-16-11-9-7-10-12-16/h7,9-12,17,20H,4-6,8,13-15H2,1-3H3. The van der Waals surface area contributed by atoms with Gasteiger partial charge in [-0.2, -0.15) is 0 Å². The molecule has 0 aliphatic heterocycles. The molecule has 1 aromatic carbocycles. The maximum absolute atomic E-state index is 12.5. The molecule has 0 amide bonds. The number of carbonyl (C=O) groups is 1.